The summed E-state index contributed by atoms with van der Waals surface area (Å²) >= 11 is 5.48. The fourth-order valence-corrected chi connectivity index (χ4v) is 3.26. The molecular weight excluding hydrogens is 280 g/mol. The van der Waals surface area contributed by atoms with Gasteiger partial charge in [0, 0.05) is 18.6 Å². The molecule has 21 heavy (non-hydrogen) atoms. The van der Waals surface area contributed by atoms with E-state index >= 15 is 0 Å². The maximum atomic E-state index is 5.48. The van der Waals surface area contributed by atoms with E-state index in [-0.39, 0.29) is 5.54 Å². The van der Waals surface area contributed by atoms with Crippen LogP contribution in [0.5, 0.6) is 0 Å². The third-order valence-electron chi connectivity index (χ3n) is 3.96. The van der Waals surface area contributed by atoms with Crippen LogP contribution in [0.2, 0.25) is 0 Å². The highest BCUT2D eigenvalue weighted by Gasteiger charge is 2.36. The quantitative estimate of drug-likeness (QED) is 0.852. The Bertz CT molecular complexity index is 594. The molecule has 4 nitrogen and oxygen atoms in total. The molecule has 0 aliphatic heterocycles. The average Bonchev–Trinajstić information content (AvgIpc) is 2.99. The SMILES string of the molecule is S=C(Nc1cccnc1)NC1(c2ccncc2)CCCC1. The standard InChI is InChI=1S/C16H18N4S/c21-15(19-14-4-3-9-18-12-14)20-16(7-1-2-8-16)13-5-10-17-11-6-13/h3-6,9-12H,1-2,7-8H2,(H2,19,20,21). The lowest BCUT2D eigenvalue weighted by Crippen LogP contribution is -2.45. The van der Waals surface area contributed by atoms with Crippen molar-refractivity contribution in [3.8, 4) is 0 Å². The molecule has 3 rings (SSSR count). The second kappa shape index (κ2) is 6.18. The molecule has 2 heterocycles. The molecule has 5 heteroatoms. The number of thiocarbonyl (C=S) groups is 1. The Labute approximate surface area is 130 Å². The minimum absolute atomic E-state index is 0.0742. The highest BCUT2D eigenvalue weighted by atomic mass is 32.1. The van der Waals surface area contributed by atoms with Crippen LogP contribution in [0.25, 0.3) is 0 Å². The van der Waals surface area contributed by atoms with Gasteiger partial charge < -0.3 is 10.6 Å². The third kappa shape index (κ3) is 3.19. The first-order valence-corrected chi connectivity index (χ1v) is 7.59. The molecule has 0 bridgehead atoms. The zero-order valence-corrected chi connectivity index (χ0v) is 12.6. The summed E-state index contributed by atoms with van der Waals surface area (Å²) in [7, 11) is 0. The summed E-state index contributed by atoms with van der Waals surface area (Å²) in [6, 6.07) is 7.99. The van der Waals surface area contributed by atoms with E-state index < -0.39 is 0 Å². The molecule has 1 saturated carbocycles. The predicted molar refractivity (Wildman–Crippen MR) is 88.0 cm³/mol. The van der Waals surface area contributed by atoms with Crippen molar-refractivity contribution in [2.45, 2.75) is 31.2 Å². The van der Waals surface area contributed by atoms with Crippen molar-refractivity contribution < 1.29 is 0 Å². The van der Waals surface area contributed by atoms with Crippen LogP contribution in [0.15, 0.2) is 49.1 Å². The van der Waals surface area contributed by atoms with E-state index in [0.717, 1.165) is 18.5 Å². The molecule has 108 valence electrons. The molecule has 1 fully saturated rings. The van der Waals surface area contributed by atoms with Gasteiger partial charge in [0.15, 0.2) is 5.11 Å². The maximum Gasteiger partial charge on any atom is 0.171 e. The Hall–Kier alpha value is -2.01. The summed E-state index contributed by atoms with van der Waals surface area (Å²) < 4.78 is 0. The second-order valence-corrected chi connectivity index (χ2v) is 5.75. The first kappa shape index (κ1) is 13.9. The van der Waals surface area contributed by atoms with Gasteiger partial charge in [-0.25, -0.2) is 0 Å². The van der Waals surface area contributed by atoms with Crippen molar-refractivity contribution in [3.63, 3.8) is 0 Å². The largest absolute Gasteiger partial charge is 0.353 e. The van der Waals surface area contributed by atoms with Gasteiger partial charge in [0.05, 0.1) is 17.4 Å². The van der Waals surface area contributed by atoms with Gasteiger partial charge in [-0.2, -0.15) is 0 Å². The molecule has 2 aromatic rings. The number of hydrogen-bond acceptors (Lipinski definition) is 3. The van der Waals surface area contributed by atoms with Crippen LogP contribution in [0.3, 0.4) is 0 Å². The lowest BCUT2D eigenvalue weighted by molar-refractivity contribution is 0.408. The van der Waals surface area contributed by atoms with E-state index in [1.165, 1.54) is 18.4 Å². The molecule has 0 saturated heterocycles. The molecule has 0 atom stereocenters. The van der Waals surface area contributed by atoms with Gasteiger partial charge in [0.25, 0.3) is 0 Å². The fourth-order valence-electron chi connectivity index (χ4n) is 2.95. The van der Waals surface area contributed by atoms with Gasteiger partial charge in [-0.15, -0.1) is 0 Å². The molecule has 0 amide bonds. The van der Waals surface area contributed by atoms with Gasteiger partial charge in [-0.1, -0.05) is 12.8 Å². The third-order valence-corrected chi connectivity index (χ3v) is 4.17. The highest BCUT2D eigenvalue weighted by molar-refractivity contribution is 7.80. The van der Waals surface area contributed by atoms with Crippen molar-refractivity contribution in [2.75, 3.05) is 5.32 Å². The van der Waals surface area contributed by atoms with Crippen molar-refractivity contribution in [3.05, 3.63) is 54.6 Å². The van der Waals surface area contributed by atoms with E-state index in [2.05, 4.69) is 32.7 Å². The summed E-state index contributed by atoms with van der Waals surface area (Å²) in [5.74, 6) is 0. The van der Waals surface area contributed by atoms with Gasteiger partial charge >= 0.3 is 0 Å². The highest BCUT2D eigenvalue weighted by Crippen LogP contribution is 2.38. The molecule has 2 aromatic heterocycles. The van der Waals surface area contributed by atoms with Gasteiger partial charge in [-0.3, -0.25) is 9.97 Å². The van der Waals surface area contributed by atoms with Crippen LogP contribution in [-0.2, 0) is 5.54 Å². The molecule has 1 aliphatic carbocycles. The van der Waals surface area contributed by atoms with Crippen LogP contribution in [0, 0.1) is 0 Å². The Balaban J connectivity index is 1.75. The maximum absolute atomic E-state index is 5.48. The number of nitrogens with zero attached hydrogens (tertiary/aromatic N) is 2. The average molecular weight is 298 g/mol. The Kier molecular flexibility index (Phi) is 4.10. The number of hydrogen-bond donors (Lipinski definition) is 2. The molecule has 0 aromatic carbocycles. The normalized spacial score (nSPS) is 16.4. The summed E-state index contributed by atoms with van der Waals surface area (Å²) in [5.41, 5.74) is 2.08. The van der Waals surface area contributed by atoms with E-state index in [0.29, 0.717) is 5.11 Å². The summed E-state index contributed by atoms with van der Waals surface area (Å²) in [4.78, 5) is 8.20. The van der Waals surface area contributed by atoms with Crippen LogP contribution in [-0.4, -0.2) is 15.1 Å². The van der Waals surface area contributed by atoms with Crippen LogP contribution in [0.4, 0.5) is 5.69 Å². The Morgan fingerprint density at radius 2 is 1.81 bits per heavy atom. The Morgan fingerprint density at radius 1 is 1.05 bits per heavy atom. The van der Waals surface area contributed by atoms with E-state index in [4.69, 9.17) is 12.2 Å². The van der Waals surface area contributed by atoms with E-state index in [1.54, 1.807) is 12.4 Å². The van der Waals surface area contributed by atoms with Crippen molar-refractivity contribution >= 4 is 23.0 Å². The minimum Gasteiger partial charge on any atom is -0.353 e. The number of pyridine rings is 2. The van der Waals surface area contributed by atoms with E-state index in [9.17, 15) is 0 Å². The van der Waals surface area contributed by atoms with Crippen LogP contribution < -0.4 is 10.6 Å². The van der Waals surface area contributed by atoms with Crippen LogP contribution in [0.1, 0.15) is 31.2 Å². The monoisotopic (exact) mass is 298 g/mol. The zero-order valence-electron chi connectivity index (χ0n) is 11.7. The number of anilines is 1. The Morgan fingerprint density at radius 3 is 2.48 bits per heavy atom. The zero-order chi connectivity index (χ0) is 14.5. The molecule has 1 aliphatic rings. The summed E-state index contributed by atoms with van der Waals surface area (Å²) in [6.07, 6.45) is 11.8. The lowest BCUT2D eigenvalue weighted by Gasteiger charge is -2.32. The lowest BCUT2D eigenvalue weighted by atomic mass is 9.89. The van der Waals surface area contributed by atoms with E-state index in [1.807, 2.05) is 24.5 Å². The first-order valence-electron chi connectivity index (χ1n) is 7.18. The topological polar surface area (TPSA) is 49.8 Å². The molecule has 2 N–H and O–H groups in total. The number of nitrogens with one attached hydrogen (secondary N) is 2. The number of aromatic nitrogens is 2. The van der Waals surface area contributed by atoms with Crippen LogP contribution >= 0.6 is 12.2 Å². The molecule has 0 spiro atoms. The van der Waals surface area contributed by atoms with Gasteiger partial charge in [0.1, 0.15) is 0 Å². The first-order chi connectivity index (χ1) is 10.3. The number of rotatable bonds is 3. The van der Waals surface area contributed by atoms with Gasteiger partial charge in [-0.05, 0) is 54.9 Å². The smallest absolute Gasteiger partial charge is 0.171 e. The second-order valence-electron chi connectivity index (χ2n) is 5.35. The summed E-state index contributed by atoms with van der Waals surface area (Å²) in [6.45, 7) is 0. The van der Waals surface area contributed by atoms with Gasteiger partial charge in [0.2, 0.25) is 0 Å². The minimum atomic E-state index is -0.0742. The fraction of sp³-hybridized carbons (Fsp3) is 0.312. The molecule has 0 unspecified atom stereocenters. The molecule has 0 radical (unpaired) electrons. The van der Waals surface area contributed by atoms with Crippen molar-refractivity contribution in [1.82, 2.24) is 15.3 Å². The van der Waals surface area contributed by atoms with Crippen molar-refractivity contribution in [1.29, 1.82) is 0 Å². The van der Waals surface area contributed by atoms with Crippen molar-refractivity contribution in [2.24, 2.45) is 0 Å². The summed E-state index contributed by atoms with van der Waals surface area (Å²) in [5, 5.41) is 7.37. The predicted octanol–water partition coefficient (Wildman–Crippen LogP) is 3.23. The molecular formula is C16H18N4S.